The minimum Gasteiger partial charge on any atom is -0.505 e. The third-order valence-corrected chi connectivity index (χ3v) is 2.96. The zero-order valence-corrected chi connectivity index (χ0v) is 10.9. The average molecular weight is 278 g/mol. The number of rotatable bonds is 2. The lowest BCUT2D eigenvalue weighted by Crippen LogP contribution is -2.13. The zero-order valence-electron chi connectivity index (χ0n) is 10.1. The number of carbonyl (C=O) groups is 1. The maximum Gasteiger partial charge on any atom is 0.259 e. The molecule has 1 aromatic carbocycles. The number of hydrogen-bond donors (Lipinski definition) is 3. The molecule has 0 unspecified atom stereocenters. The molecule has 1 aromatic heterocycles. The van der Waals surface area contributed by atoms with Crippen molar-refractivity contribution in [2.45, 2.75) is 6.92 Å². The Morgan fingerprint density at radius 2 is 2.21 bits per heavy atom. The number of aryl methyl sites for hydroxylation is 1. The number of carbonyl (C=O) groups excluding carboxylic acids is 1. The van der Waals surface area contributed by atoms with Crippen LogP contribution in [0.25, 0.3) is 0 Å². The summed E-state index contributed by atoms with van der Waals surface area (Å²) in [6, 6.07) is 4.67. The standard InChI is InChI=1S/C13H12ClN3O2/c1-7-4-10(15)9(14)5-11(7)17-13(19)8-2-3-16-6-12(8)18/h2-6,18H,15H2,1H3,(H,17,19). The number of anilines is 2. The summed E-state index contributed by atoms with van der Waals surface area (Å²) < 4.78 is 0. The van der Waals surface area contributed by atoms with Gasteiger partial charge in [-0.05, 0) is 30.7 Å². The molecule has 2 aromatic rings. The predicted octanol–water partition coefficient (Wildman–Crippen LogP) is 2.58. The van der Waals surface area contributed by atoms with Gasteiger partial charge < -0.3 is 16.2 Å². The number of pyridine rings is 1. The molecule has 0 aliphatic carbocycles. The first-order valence-electron chi connectivity index (χ1n) is 5.49. The highest BCUT2D eigenvalue weighted by molar-refractivity contribution is 6.33. The molecule has 98 valence electrons. The number of amides is 1. The highest BCUT2D eigenvalue weighted by Crippen LogP contribution is 2.27. The van der Waals surface area contributed by atoms with Crippen LogP contribution < -0.4 is 11.1 Å². The lowest BCUT2D eigenvalue weighted by atomic mass is 10.1. The summed E-state index contributed by atoms with van der Waals surface area (Å²) in [5.41, 5.74) is 7.58. The molecule has 0 atom stereocenters. The molecule has 0 fully saturated rings. The topological polar surface area (TPSA) is 88.2 Å². The van der Waals surface area contributed by atoms with Crippen LogP contribution in [0.3, 0.4) is 0 Å². The Bertz CT molecular complexity index is 644. The summed E-state index contributed by atoms with van der Waals surface area (Å²) in [5, 5.41) is 12.6. The molecule has 0 aliphatic rings. The van der Waals surface area contributed by atoms with Gasteiger partial charge in [0.1, 0.15) is 5.75 Å². The average Bonchev–Trinajstić information content (AvgIpc) is 2.36. The molecule has 4 N–H and O–H groups in total. The van der Waals surface area contributed by atoms with E-state index < -0.39 is 5.91 Å². The molecule has 0 bridgehead atoms. The molecule has 0 saturated carbocycles. The SMILES string of the molecule is Cc1cc(N)c(Cl)cc1NC(=O)c1ccncc1O. The van der Waals surface area contributed by atoms with E-state index in [1.165, 1.54) is 18.5 Å². The summed E-state index contributed by atoms with van der Waals surface area (Å²) >= 11 is 5.91. The highest BCUT2D eigenvalue weighted by Gasteiger charge is 2.13. The zero-order chi connectivity index (χ0) is 14.0. The van der Waals surface area contributed by atoms with Crippen LogP contribution in [0.4, 0.5) is 11.4 Å². The normalized spacial score (nSPS) is 10.2. The van der Waals surface area contributed by atoms with Gasteiger partial charge in [-0.15, -0.1) is 0 Å². The number of nitrogens with zero attached hydrogens (tertiary/aromatic N) is 1. The van der Waals surface area contributed by atoms with E-state index in [0.29, 0.717) is 16.4 Å². The Hall–Kier alpha value is -2.27. The molecule has 2 rings (SSSR count). The summed E-state index contributed by atoms with van der Waals surface area (Å²) in [5.74, 6) is -0.622. The fourth-order valence-electron chi connectivity index (χ4n) is 1.61. The van der Waals surface area contributed by atoms with Crippen LogP contribution in [0, 0.1) is 6.92 Å². The number of aromatic hydroxyl groups is 1. The number of aromatic nitrogens is 1. The van der Waals surface area contributed by atoms with Crippen molar-refractivity contribution in [2.75, 3.05) is 11.1 Å². The van der Waals surface area contributed by atoms with Crippen LogP contribution in [0.15, 0.2) is 30.6 Å². The molecular weight excluding hydrogens is 266 g/mol. The van der Waals surface area contributed by atoms with Crippen LogP contribution in [-0.2, 0) is 0 Å². The lowest BCUT2D eigenvalue weighted by Gasteiger charge is -2.11. The Labute approximate surface area is 115 Å². The molecule has 6 heteroatoms. The van der Waals surface area contributed by atoms with E-state index in [4.69, 9.17) is 17.3 Å². The van der Waals surface area contributed by atoms with E-state index in [9.17, 15) is 9.90 Å². The molecule has 5 nitrogen and oxygen atoms in total. The van der Waals surface area contributed by atoms with Gasteiger partial charge in [-0.3, -0.25) is 9.78 Å². The van der Waals surface area contributed by atoms with Crippen molar-refractivity contribution in [1.29, 1.82) is 0 Å². The Morgan fingerprint density at radius 3 is 2.89 bits per heavy atom. The van der Waals surface area contributed by atoms with E-state index in [2.05, 4.69) is 10.3 Å². The molecule has 0 radical (unpaired) electrons. The number of nitrogens with two attached hydrogens (primary N) is 1. The van der Waals surface area contributed by atoms with Gasteiger partial charge in [0, 0.05) is 11.9 Å². The first-order valence-corrected chi connectivity index (χ1v) is 5.87. The second kappa shape index (κ2) is 5.16. The minimum atomic E-state index is -0.441. The van der Waals surface area contributed by atoms with E-state index >= 15 is 0 Å². The van der Waals surface area contributed by atoms with Gasteiger partial charge in [-0.2, -0.15) is 0 Å². The summed E-state index contributed by atoms with van der Waals surface area (Å²) in [6.45, 7) is 1.80. The highest BCUT2D eigenvalue weighted by atomic mass is 35.5. The van der Waals surface area contributed by atoms with Crippen LogP contribution in [0.1, 0.15) is 15.9 Å². The summed E-state index contributed by atoms with van der Waals surface area (Å²) in [4.78, 5) is 15.7. The third kappa shape index (κ3) is 2.77. The van der Waals surface area contributed by atoms with Crippen molar-refractivity contribution in [1.82, 2.24) is 4.98 Å². The number of benzene rings is 1. The quantitative estimate of drug-likeness (QED) is 0.736. The van der Waals surface area contributed by atoms with Gasteiger partial charge >= 0.3 is 0 Å². The van der Waals surface area contributed by atoms with Gasteiger partial charge in [0.25, 0.3) is 5.91 Å². The first-order chi connectivity index (χ1) is 8.99. The van der Waals surface area contributed by atoms with Crippen molar-refractivity contribution < 1.29 is 9.90 Å². The van der Waals surface area contributed by atoms with Crippen LogP contribution in [0.5, 0.6) is 5.75 Å². The maximum absolute atomic E-state index is 12.0. The van der Waals surface area contributed by atoms with Crippen molar-refractivity contribution in [3.8, 4) is 5.75 Å². The Balaban J connectivity index is 2.30. The van der Waals surface area contributed by atoms with Crippen LogP contribution in [0.2, 0.25) is 5.02 Å². The van der Waals surface area contributed by atoms with Gasteiger partial charge in [0.05, 0.1) is 22.5 Å². The lowest BCUT2D eigenvalue weighted by molar-refractivity contribution is 0.102. The van der Waals surface area contributed by atoms with Crippen molar-refractivity contribution in [3.05, 3.63) is 46.7 Å². The van der Waals surface area contributed by atoms with E-state index in [1.807, 2.05) is 0 Å². The van der Waals surface area contributed by atoms with Crippen molar-refractivity contribution in [2.24, 2.45) is 0 Å². The molecule has 0 saturated heterocycles. The van der Waals surface area contributed by atoms with E-state index in [0.717, 1.165) is 5.56 Å². The third-order valence-electron chi connectivity index (χ3n) is 2.64. The molecule has 0 spiro atoms. The first kappa shape index (κ1) is 13.2. The Kier molecular flexibility index (Phi) is 3.57. The fraction of sp³-hybridized carbons (Fsp3) is 0.0769. The predicted molar refractivity (Wildman–Crippen MR) is 74.5 cm³/mol. The van der Waals surface area contributed by atoms with E-state index in [-0.39, 0.29) is 11.3 Å². The molecule has 0 aliphatic heterocycles. The number of hydrogen-bond acceptors (Lipinski definition) is 4. The fourth-order valence-corrected chi connectivity index (χ4v) is 1.77. The van der Waals surface area contributed by atoms with Crippen LogP contribution >= 0.6 is 11.6 Å². The van der Waals surface area contributed by atoms with Gasteiger partial charge in [-0.25, -0.2) is 0 Å². The second-order valence-electron chi connectivity index (χ2n) is 4.04. The largest absolute Gasteiger partial charge is 0.505 e. The second-order valence-corrected chi connectivity index (χ2v) is 4.44. The van der Waals surface area contributed by atoms with Gasteiger partial charge in [-0.1, -0.05) is 11.6 Å². The molecular formula is C13H12ClN3O2. The van der Waals surface area contributed by atoms with Crippen molar-refractivity contribution >= 4 is 28.9 Å². The van der Waals surface area contributed by atoms with Crippen molar-refractivity contribution in [3.63, 3.8) is 0 Å². The summed E-state index contributed by atoms with van der Waals surface area (Å²) in [7, 11) is 0. The maximum atomic E-state index is 12.0. The number of nitrogens with one attached hydrogen (secondary N) is 1. The Morgan fingerprint density at radius 1 is 1.47 bits per heavy atom. The minimum absolute atomic E-state index is 0.141. The smallest absolute Gasteiger partial charge is 0.259 e. The van der Waals surface area contributed by atoms with Gasteiger partial charge in [0.15, 0.2) is 0 Å². The monoisotopic (exact) mass is 277 g/mol. The molecule has 19 heavy (non-hydrogen) atoms. The van der Waals surface area contributed by atoms with Gasteiger partial charge in [0.2, 0.25) is 0 Å². The number of halogens is 1. The summed E-state index contributed by atoms with van der Waals surface area (Å²) in [6.07, 6.45) is 2.63. The molecule has 1 amide bonds. The van der Waals surface area contributed by atoms with Crippen LogP contribution in [-0.4, -0.2) is 16.0 Å². The number of nitrogen functional groups attached to an aromatic ring is 1. The molecule has 1 heterocycles. The van der Waals surface area contributed by atoms with E-state index in [1.54, 1.807) is 19.1 Å².